The number of piperidine rings is 1. The molecule has 1 saturated heterocycles. The maximum atomic E-state index is 13.0. The molecule has 0 spiro atoms. The third-order valence-corrected chi connectivity index (χ3v) is 6.30. The zero-order valence-electron chi connectivity index (χ0n) is 16.7. The molecule has 1 N–H and O–H groups in total. The number of hydrogen-bond donors (Lipinski definition) is 1. The van der Waals surface area contributed by atoms with Gasteiger partial charge in [-0.3, -0.25) is 4.79 Å². The van der Waals surface area contributed by atoms with E-state index in [1.807, 2.05) is 6.07 Å². The highest BCUT2D eigenvalue weighted by atomic mass is 19.4. The van der Waals surface area contributed by atoms with Gasteiger partial charge in [0, 0.05) is 31.1 Å². The first-order valence-corrected chi connectivity index (χ1v) is 10.0. The van der Waals surface area contributed by atoms with Gasteiger partial charge in [0.25, 0.3) is 0 Å². The molecule has 0 aromatic heterocycles. The quantitative estimate of drug-likeness (QED) is 0.812. The Bertz CT molecular complexity index is 949. The van der Waals surface area contributed by atoms with Crippen LogP contribution in [0.5, 0.6) is 5.75 Å². The predicted octanol–water partition coefficient (Wildman–Crippen LogP) is 4.05. The Morgan fingerprint density at radius 3 is 2.57 bits per heavy atom. The van der Waals surface area contributed by atoms with Crippen LogP contribution in [-0.4, -0.2) is 42.5 Å². The van der Waals surface area contributed by atoms with Crippen molar-refractivity contribution in [2.24, 2.45) is 5.92 Å². The van der Waals surface area contributed by atoms with Crippen LogP contribution in [0.4, 0.5) is 13.2 Å². The first-order valence-electron chi connectivity index (χ1n) is 10.0. The lowest BCUT2D eigenvalue weighted by molar-refractivity contribution is -0.137. The molecule has 0 saturated carbocycles. The fourth-order valence-corrected chi connectivity index (χ4v) is 4.52. The molecule has 1 aliphatic heterocycles. The normalized spacial score (nSPS) is 21.5. The van der Waals surface area contributed by atoms with Gasteiger partial charge in [0.1, 0.15) is 5.75 Å². The summed E-state index contributed by atoms with van der Waals surface area (Å²) in [6, 6.07) is 10.4. The molecule has 0 radical (unpaired) electrons. The van der Waals surface area contributed by atoms with Crippen molar-refractivity contribution in [3.8, 4) is 5.75 Å². The summed E-state index contributed by atoms with van der Waals surface area (Å²) in [7, 11) is 1.59. The molecule has 160 valence electrons. The summed E-state index contributed by atoms with van der Waals surface area (Å²) < 4.78 is 44.3. The number of halogens is 3. The van der Waals surface area contributed by atoms with Crippen molar-refractivity contribution in [1.82, 2.24) is 4.90 Å². The SMILES string of the molecule is COc1ccc2c(c1)CC(CN1CCC(O)(c3cccc(C(F)(F)F)c3)CC1)C2=O. The average Bonchev–Trinajstić information content (AvgIpc) is 3.04. The van der Waals surface area contributed by atoms with Crippen LogP contribution in [0.1, 0.15) is 39.9 Å². The van der Waals surface area contributed by atoms with Crippen LogP contribution in [0.15, 0.2) is 42.5 Å². The molecule has 1 unspecified atom stereocenters. The first-order chi connectivity index (χ1) is 14.2. The molecule has 0 amide bonds. The third-order valence-electron chi connectivity index (χ3n) is 6.30. The zero-order valence-corrected chi connectivity index (χ0v) is 16.7. The second-order valence-electron chi connectivity index (χ2n) is 8.20. The summed E-state index contributed by atoms with van der Waals surface area (Å²) in [5.41, 5.74) is -0.0116. The highest BCUT2D eigenvalue weighted by molar-refractivity contribution is 6.02. The summed E-state index contributed by atoms with van der Waals surface area (Å²) in [5.74, 6) is 0.699. The largest absolute Gasteiger partial charge is 0.497 e. The number of Topliss-reactive ketones (excluding diaryl/α,β-unsaturated/α-hetero) is 1. The van der Waals surface area contributed by atoms with Crippen LogP contribution in [-0.2, 0) is 18.2 Å². The molecule has 1 heterocycles. The molecule has 30 heavy (non-hydrogen) atoms. The molecule has 1 atom stereocenters. The molecule has 1 aliphatic carbocycles. The third kappa shape index (κ3) is 3.96. The molecular formula is C23H24F3NO3. The van der Waals surface area contributed by atoms with E-state index < -0.39 is 17.3 Å². The zero-order chi connectivity index (χ0) is 21.5. The van der Waals surface area contributed by atoms with E-state index in [4.69, 9.17) is 4.74 Å². The number of aliphatic hydroxyl groups is 1. The van der Waals surface area contributed by atoms with E-state index in [1.165, 1.54) is 6.07 Å². The Morgan fingerprint density at radius 2 is 1.90 bits per heavy atom. The molecule has 7 heteroatoms. The van der Waals surface area contributed by atoms with Crippen molar-refractivity contribution >= 4 is 5.78 Å². The number of carbonyl (C=O) groups excluding carboxylic acids is 1. The van der Waals surface area contributed by atoms with Crippen LogP contribution < -0.4 is 4.74 Å². The van der Waals surface area contributed by atoms with Gasteiger partial charge >= 0.3 is 6.18 Å². The number of ketones is 1. The Balaban J connectivity index is 1.40. The Hall–Kier alpha value is -2.38. The number of fused-ring (bicyclic) bond motifs is 1. The maximum Gasteiger partial charge on any atom is 0.416 e. The van der Waals surface area contributed by atoms with Gasteiger partial charge in [-0.1, -0.05) is 12.1 Å². The monoisotopic (exact) mass is 419 g/mol. The van der Waals surface area contributed by atoms with Crippen LogP contribution in [0, 0.1) is 5.92 Å². The van der Waals surface area contributed by atoms with Gasteiger partial charge in [0.15, 0.2) is 5.78 Å². The molecule has 2 aromatic rings. The van der Waals surface area contributed by atoms with Gasteiger partial charge in [0.2, 0.25) is 0 Å². The molecule has 2 aromatic carbocycles. The van der Waals surface area contributed by atoms with Crippen molar-refractivity contribution in [3.05, 3.63) is 64.7 Å². The lowest BCUT2D eigenvalue weighted by atomic mass is 9.83. The standard InChI is InChI=1S/C23H24F3NO3/c1-30-19-5-6-20-15(12-19)11-16(21(20)28)14-27-9-7-22(29,8-10-27)17-3-2-4-18(13-17)23(24,25)26/h2-6,12-13,16,29H,7-11,14H2,1H3. The van der Waals surface area contributed by atoms with E-state index in [0.29, 0.717) is 44.5 Å². The van der Waals surface area contributed by atoms with Gasteiger partial charge in [-0.25, -0.2) is 0 Å². The van der Waals surface area contributed by atoms with Gasteiger partial charge in [0.05, 0.1) is 18.3 Å². The molecule has 4 rings (SSSR count). The average molecular weight is 419 g/mol. The number of likely N-dealkylation sites (tertiary alicyclic amines) is 1. The minimum absolute atomic E-state index is 0.117. The summed E-state index contributed by atoms with van der Waals surface area (Å²) in [6.07, 6.45) is -3.13. The van der Waals surface area contributed by atoms with E-state index in [2.05, 4.69) is 4.90 Å². The first kappa shape index (κ1) is 20.9. The van der Waals surface area contributed by atoms with Crippen molar-refractivity contribution in [2.75, 3.05) is 26.7 Å². The number of ether oxygens (including phenoxy) is 1. The van der Waals surface area contributed by atoms with E-state index in [1.54, 1.807) is 25.3 Å². The number of nitrogens with zero attached hydrogens (tertiary/aromatic N) is 1. The lowest BCUT2D eigenvalue weighted by Gasteiger charge is -2.39. The van der Waals surface area contributed by atoms with Gasteiger partial charge in [-0.15, -0.1) is 0 Å². The van der Waals surface area contributed by atoms with Crippen LogP contribution in [0.25, 0.3) is 0 Å². The van der Waals surface area contributed by atoms with Crippen molar-refractivity contribution in [2.45, 2.75) is 31.0 Å². The molecular weight excluding hydrogens is 395 g/mol. The predicted molar refractivity (Wildman–Crippen MR) is 106 cm³/mol. The van der Waals surface area contributed by atoms with Gasteiger partial charge in [-0.2, -0.15) is 13.2 Å². The second-order valence-corrected chi connectivity index (χ2v) is 8.20. The Labute approximate surface area is 173 Å². The van der Waals surface area contributed by atoms with Crippen LogP contribution in [0.2, 0.25) is 0 Å². The van der Waals surface area contributed by atoms with Crippen LogP contribution in [0.3, 0.4) is 0 Å². The van der Waals surface area contributed by atoms with E-state index in [-0.39, 0.29) is 11.7 Å². The van der Waals surface area contributed by atoms with Crippen LogP contribution >= 0.6 is 0 Å². The number of carbonyl (C=O) groups is 1. The number of benzene rings is 2. The lowest BCUT2D eigenvalue weighted by Crippen LogP contribution is -2.45. The molecule has 0 bridgehead atoms. The maximum absolute atomic E-state index is 13.0. The smallest absolute Gasteiger partial charge is 0.416 e. The van der Waals surface area contributed by atoms with E-state index in [9.17, 15) is 23.1 Å². The second kappa shape index (κ2) is 7.71. The van der Waals surface area contributed by atoms with E-state index in [0.717, 1.165) is 29.0 Å². The summed E-state index contributed by atoms with van der Waals surface area (Å²) in [4.78, 5) is 14.8. The molecule has 1 fully saturated rings. The highest BCUT2D eigenvalue weighted by Crippen LogP contribution is 2.37. The number of rotatable bonds is 4. The van der Waals surface area contributed by atoms with Crippen molar-refractivity contribution in [1.29, 1.82) is 0 Å². The minimum Gasteiger partial charge on any atom is -0.497 e. The summed E-state index contributed by atoms with van der Waals surface area (Å²) >= 11 is 0. The van der Waals surface area contributed by atoms with E-state index >= 15 is 0 Å². The fraction of sp³-hybridized carbons (Fsp3) is 0.435. The molecule has 4 nitrogen and oxygen atoms in total. The number of alkyl halides is 3. The topological polar surface area (TPSA) is 49.8 Å². The summed E-state index contributed by atoms with van der Waals surface area (Å²) in [5, 5.41) is 11.0. The Kier molecular flexibility index (Phi) is 5.36. The van der Waals surface area contributed by atoms with Gasteiger partial charge < -0.3 is 14.7 Å². The van der Waals surface area contributed by atoms with Gasteiger partial charge in [-0.05, 0) is 60.7 Å². The summed E-state index contributed by atoms with van der Waals surface area (Å²) in [6.45, 7) is 1.63. The van der Waals surface area contributed by atoms with Crippen molar-refractivity contribution < 1.29 is 27.8 Å². The Morgan fingerprint density at radius 1 is 1.17 bits per heavy atom. The minimum atomic E-state index is -4.44. The number of methoxy groups -OCH3 is 1. The number of hydrogen-bond acceptors (Lipinski definition) is 4. The van der Waals surface area contributed by atoms with Crippen molar-refractivity contribution in [3.63, 3.8) is 0 Å². The highest BCUT2D eigenvalue weighted by Gasteiger charge is 2.39. The fourth-order valence-electron chi connectivity index (χ4n) is 4.52. The molecule has 2 aliphatic rings.